The summed E-state index contributed by atoms with van der Waals surface area (Å²) in [7, 11) is 0. The average molecular weight is 455 g/mol. The molecule has 1 aliphatic carbocycles. The van der Waals surface area contributed by atoms with Crippen LogP contribution in [0, 0.1) is 3.57 Å². The van der Waals surface area contributed by atoms with E-state index in [0.29, 0.717) is 19.1 Å². The van der Waals surface area contributed by atoms with Crippen LogP contribution in [0.5, 0.6) is 0 Å². The zero-order chi connectivity index (χ0) is 17.6. The molecule has 2 aliphatic rings. The number of amides is 3. The monoisotopic (exact) mass is 455 g/mol. The van der Waals surface area contributed by atoms with Crippen LogP contribution in [0.15, 0.2) is 24.3 Å². The topological polar surface area (TPSA) is 61.4 Å². The first-order valence-corrected chi connectivity index (χ1v) is 10.3. The van der Waals surface area contributed by atoms with E-state index in [1.807, 2.05) is 29.2 Å². The molecule has 1 aromatic rings. The maximum Gasteiger partial charge on any atom is 0.317 e. The summed E-state index contributed by atoms with van der Waals surface area (Å²) in [6, 6.07) is 8.16. The van der Waals surface area contributed by atoms with Gasteiger partial charge in [-0.05, 0) is 60.4 Å². The summed E-state index contributed by atoms with van der Waals surface area (Å²) in [6.45, 7) is 1.41. The van der Waals surface area contributed by atoms with Crippen LogP contribution in [0.1, 0.15) is 55.3 Å². The van der Waals surface area contributed by atoms with E-state index in [0.717, 1.165) is 34.8 Å². The summed E-state index contributed by atoms with van der Waals surface area (Å²) >= 11 is 2.19. The number of piperidine rings is 1. The maximum absolute atomic E-state index is 12.4. The van der Waals surface area contributed by atoms with Crippen molar-refractivity contribution in [1.82, 2.24) is 15.5 Å². The molecular weight excluding hydrogens is 429 g/mol. The summed E-state index contributed by atoms with van der Waals surface area (Å²) < 4.78 is 0.960. The Morgan fingerprint density at radius 1 is 0.920 bits per heavy atom. The standard InChI is InChI=1S/C19H26IN3O2/c20-17-9-5-4-8-16(17)18(24)21-15-10-12-23(13-11-15)19(25)22-14-6-2-1-3-7-14/h4-5,8-9,14-15H,1-3,6-7,10-13H2,(H,21,24)(H,22,25). The van der Waals surface area contributed by atoms with Crippen LogP contribution in [-0.4, -0.2) is 42.0 Å². The summed E-state index contributed by atoms with van der Waals surface area (Å²) in [5.41, 5.74) is 0.723. The van der Waals surface area contributed by atoms with E-state index in [4.69, 9.17) is 0 Å². The van der Waals surface area contributed by atoms with Crippen molar-refractivity contribution in [2.75, 3.05) is 13.1 Å². The number of hydrogen-bond donors (Lipinski definition) is 2. The second kappa shape index (κ2) is 8.87. The maximum atomic E-state index is 12.4. The second-order valence-corrected chi connectivity index (χ2v) is 8.16. The van der Waals surface area contributed by atoms with Gasteiger partial charge in [0.1, 0.15) is 0 Å². The fourth-order valence-electron chi connectivity index (χ4n) is 3.65. The lowest BCUT2D eigenvalue weighted by atomic mass is 9.95. The molecule has 6 heteroatoms. The second-order valence-electron chi connectivity index (χ2n) is 7.00. The minimum absolute atomic E-state index is 0.0184. The van der Waals surface area contributed by atoms with Crippen LogP contribution in [0.4, 0.5) is 4.79 Å². The molecule has 1 aromatic carbocycles. The Morgan fingerprint density at radius 3 is 2.24 bits per heavy atom. The molecule has 0 spiro atoms. The lowest BCUT2D eigenvalue weighted by Gasteiger charge is -2.34. The average Bonchev–Trinajstić information content (AvgIpc) is 2.63. The van der Waals surface area contributed by atoms with E-state index < -0.39 is 0 Å². The first-order chi connectivity index (χ1) is 12.1. The molecule has 0 bridgehead atoms. The summed E-state index contributed by atoms with van der Waals surface area (Å²) in [5, 5.41) is 6.29. The molecule has 1 heterocycles. The molecular formula is C19H26IN3O2. The molecule has 0 aromatic heterocycles. The number of halogens is 1. The fraction of sp³-hybridized carbons (Fsp3) is 0.579. The molecule has 136 valence electrons. The Kier molecular flexibility index (Phi) is 6.56. The molecule has 0 radical (unpaired) electrons. The predicted octanol–water partition coefficient (Wildman–Crippen LogP) is 3.53. The van der Waals surface area contributed by atoms with Crippen LogP contribution in [-0.2, 0) is 0 Å². The van der Waals surface area contributed by atoms with Crippen LogP contribution >= 0.6 is 22.6 Å². The van der Waals surface area contributed by atoms with Crippen molar-refractivity contribution in [1.29, 1.82) is 0 Å². The number of likely N-dealkylation sites (tertiary alicyclic amines) is 1. The van der Waals surface area contributed by atoms with Gasteiger partial charge in [0.25, 0.3) is 5.91 Å². The molecule has 2 fully saturated rings. The quantitative estimate of drug-likeness (QED) is 0.686. The Morgan fingerprint density at radius 2 is 1.56 bits per heavy atom. The highest BCUT2D eigenvalue weighted by Crippen LogP contribution is 2.19. The lowest BCUT2D eigenvalue weighted by molar-refractivity contribution is 0.0916. The summed E-state index contributed by atoms with van der Waals surface area (Å²) in [5.74, 6) is -0.0184. The fourth-order valence-corrected chi connectivity index (χ4v) is 4.28. The lowest BCUT2D eigenvalue weighted by Crippen LogP contribution is -2.51. The van der Waals surface area contributed by atoms with Crippen LogP contribution in [0.25, 0.3) is 0 Å². The number of nitrogens with zero attached hydrogens (tertiary/aromatic N) is 1. The van der Waals surface area contributed by atoms with Crippen LogP contribution < -0.4 is 10.6 Å². The number of nitrogens with one attached hydrogen (secondary N) is 2. The Labute approximate surface area is 163 Å². The van der Waals surface area contributed by atoms with Gasteiger partial charge in [-0.3, -0.25) is 4.79 Å². The van der Waals surface area contributed by atoms with E-state index in [1.165, 1.54) is 19.3 Å². The highest BCUT2D eigenvalue weighted by atomic mass is 127. The summed E-state index contributed by atoms with van der Waals surface area (Å²) in [4.78, 5) is 26.7. The zero-order valence-electron chi connectivity index (χ0n) is 14.5. The van der Waals surface area contributed by atoms with Gasteiger partial charge in [-0.2, -0.15) is 0 Å². The van der Waals surface area contributed by atoms with Gasteiger partial charge in [0.15, 0.2) is 0 Å². The van der Waals surface area contributed by atoms with Gasteiger partial charge in [-0.15, -0.1) is 0 Å². The zero-order valence-corrected chi connectivity index (χ0v) is 16.6. The molecule has 2 N–H and O–H groups in total. The molecule has 5 nitrogen and oxygen atoms in total. The minimum atomic E-state index is -0.0184. The van der Waals surface area contributed by atoms with Crippen molar-refractivity contribution in [2.45, 2.75) is 57.0 Å². The summed E-state index contributed by atoms with van der Waals surface area (Å²) in [6.07, 6.45) is 7.56. The van der Waals surface area contributed by atoms with Crippen molar-refractivity contribution in [3.63, 3.8) is 0 Å². The Hall–Kier alpha value is -1.31. The Balaban J connectivity index is 1.44. The van der Waals surface area contributed by atoms with E-state index >= 15 is 0 Å². The smallest absolute Gasteiger partial charge is 0.317 e. The number of carbonyl (C=O) groups is 2. The Bertz CT molecular complexity index is 608. The van der Waals surface area contributed by atoms with E-state index in [-0.39, 0.29) is 18.0 Å². The molecule has 0 atom stereocenters. The van der Waals surface area contributed by atoms with Gasteiger partial charge < -0.3 is 15.5 Å². The van der Waals surface area contributed by atoms with Crippen LogP contribution in [0.2, 0.25) is 0 Å². The first kappa shape index (κ1) is 18.5. The SMILES string of the molecule is O=C(NC1CCN(C(=O)NC2CCCCC2)CC1)c1ccccc1I. The highest BCUT2D eigenvalue weighted by Gasteiger charge is 2.26. The van der Waals surface area contributed by atoms with Gasteiger partial charge in [0, 0.05) is 28.7 Å². The number of urea groups is 1. The normalized spacial score (nSPS) is 19.5. The third-order valence-electron chi connectivity index (χ3n) is 5.17. The van der Waals surface area contributed by atoms with Crippen LogP contribution in [0.3, 0.4) is 0 Å². The molecule has 1 saturated heterocycles. The van der Waals surface area contributed by atoms with Crippen molar-refractivity contribution in [3.05, 3.63) is 33.4 Å². The molecule has 1 saturated carbocycles. The number of rotatable bonds is 3. The third kappa shape index (κ3) is 5.09. The van der Waals surface area contributed by atoms with E-state index in [9.17, 15) is 9.59 Å². The van der Waals surface area contributed by atoms with Gasteiger partial charge >= 0.3 is 6.03 Å². The third-order valence-corrected chi connectivity index (χ3v) is 6.11. The molecule has 25 heavy (non-hydrogen) atoms. The first-order valence-electron chi connectivity index (χ1n) is 9.24. The number of carbonyl (C=O) groups excluding carboxylic acids is 2. The highest BCUT2D eigenvalue weighted by molar-refractivity contribution is 14.1. The largest absolute Gasteiger partial charge is 0.349 e. The number of hydrogen-bond acceptors (Lipinski definition) is 2. The van der Waals surface area contributed by atoms with Gasteiger partial charge in [0.2, 0.25) is 0 Å². The minimum Gasteiger partial charge on any atom is -0.349 e. The van der Waals surface area contributed by atoms with E-state index in [1.54, 1.807) is 0 Å². The van der Waals surface area contributed by atoms with Crippen molar-refractivity contribution >= 4 is 34.5 Å². The van der Waals surface area contributed by atoms with Gasteiger partial charge in [0.05, 0.1) is 5.56 Å². The van der Waals surface area contributed by atoms with Crippen molar-refractivity contribution in [2.24, 2.45) is 0 Å². The molecule has 0 unspecified atom stereocenters. The molecule has 3 amide bonds. The molecule has 1 aliphatic heterocycles. The predicted molar refractivity (Wildman–Crippen MR) is 107 cm³/mol. The van der Waals surface area contributed by atoms with Gasteiger partial charge in [-0.25, -0.2) is 4.79 Å². The van der Waals surface area contributed by atoms with Crippen molar-refractivity contribution < 1.29 is 9.59 Å². The molecule has 3 rings (SSSR count). The van der Waals surface area contributed by atoms with Crippen molar-refractivity contribution in [3.8, 4) is 0 Å². The van der Waals surface area contributed by atoms with Gasteiger partial charge in [-0.1, -0.05) is 31.4 Å². The number of benzene rings is 1. The van der Waals surface area contributed by atoms with E-state index in [2.05, 4.69) is 33.2 Å².